The van der Waals surface area contributed by atoms with E-state index in [-0.39, 0.29) is 22.0 Å². The summed E-state index contributed by atoms with van der Waals surface area (Å²) < 4.78 is 5.40. The van der Waals surface area contributed by atoms with E-state index in [1.807, 2.05) is 0 Å². The highest BCUT2D eigenvalue weighted by atomic mass is 79.9. The Bertz CT molecular complexity index is 653. The van der Waals surface area contributed by atoms with Crippen LogP contribution in [0.15, 0.2) is 39.4 Å². The Labute approximate surface area is 121 Å². The number of aromatic carboxylic acids is 1. The molecule has 1 aromatic carbocycles. The van der Waals surface area contributed by atoms with Crippen molar-refractivity contribution in [3.8, 4) is 0 Å². The van der Waals surface area contributed by atoms with Crippen LogP contribution in [0.25, 0.3) is 0 Å². The fraction of sp³-hybridized carbons (Fsp3) is 0. The average Bonchev–Trinajstić information content (AvgIpc) is 2.77. The molecule has 0 radical (unpaired) electrons. The summed E-state index contributed by atoms with van der Waals surface area (Å²) in [5.74, 6) is -1.68. The molecule has 0 atom stereocenters. The minimum absolute atomic E-state index is 0.0256. The van der Waals surface area contributed by atoms with Crippen molar-refractivity contribution in [1.82, 2.24) is 0 Å². The molecule has 7 heteroatoms. The minimum Gasteiger partial charge on any atom is -0.478 e. The second-order valence-electron chi connectivity index (χ2n) is 3.56. The van der Waals surface area contributed by atoms with E-state index < -0.39 is 11.9 Å². The van der Waals surface area contributed by atoms with Crippen molar-refractivity contribution in [2.75, 3.05) is 5.32 Å². The van der Waals surface area contributed by atoms with Crippen LogP contribution in [0, 0.1) is 0 Å². The van der Waals surface area contributed by atoms with Crippen molar-refractivity contribution >= 4 is 45.1 Å². The lowest BCUT2D eigenvalue weighted by atomic mass is 10.1. The van der Waals surface area contributed by atoms with Crippen LogP contribution in [0.3, 0.4) is 0 Å². The molecule has 1 amide bonds. The zero-order valence-corrected chi connectivity index (χ0v) is 11.7. The van der Waals surface area contributed by atoms with Crippen molar-refractivity contribution < 1.29 is 19.1 Å². The number of carbonyl (C=O) groups excluding carboxylic acids is 1. The number of nitrogens with one attached hydrogen (secondary N) is 1. The quantitative estimate of drug-likeness (QED) is 0.891. The predicted molar refractivity (Wildman–Crippen MR) is 72.8 cm³/mol. The molecule has 0 saturated heterocycles. The fourth-order valence-corrected chi connectivity index (χ4v) is 2.01. The Morgan fingerprint density at radius 3 is 2.58 bits per heavy atom. The van der Waals surface area contributed by atoms with Crippen molar-refractivity contribution in [1.29, 1.82) is 0 Å². The number of amides is 1. The Morgan fingerprint density at radius 1 is 1.26 bits per heavy atom. The summed E-state index contributed by atoms with van der Waals surface area (Å²) in [6.45, 7) is 0. The molecule has 2 rings (SSSR count). The van der Waals surface area contributed by atoms with Gasteiger partial charge in [-0.15, -0.1) is 0 Å². The van der Waals surface area contributed by atoms with E-state index in [4.69, 9.17) is 21.1 Å². The van der Waals surface area contributed by atoms with Crippen molar-refractivity contribution in [2.45, 2.75) is 0 Å². The van der Waals surface area contributed by atoms with Gasteiger partial charge in [0, 0.05) is 4.47 Å². The number of hydrogen-bond acceptors (Lipinski definition) is 3. The van der Waals surface area contributed by atoms with E-state index in [1.54, 1.807) is 6.07 Å². The van der Waals surface area contributed by atoms with E-state index in [1.165, 1.54) is 24.5 Å². The molecule has 98 valence electrons. The van der Waals surface area contributed by atoms with Crippen molar-refractivity contribution in [3.05, 3.63) is 51.3 Å². The molecule has 0 aliphatic rings. The molecule has 0 bridgehead atoms. The number of rotatable bonds is 3. The minimum atomic E-state index is -1.14. The van der Waals surface area contributed by atoms with Crippen LogP contribution in [0.4, 0.5) is 5.69 Å². The highest BCUT2D eigenvalue weighted by Gasteiger charge is 2.17. The maximum atomic E-state index is 11.9. The van der Waals surface area contributed by atoms with Gasteiger partial charge in [0.1, 0.15) is 0 Å². The lowest BCUT2D eigenvalue weighted by molar-refractivity contribution is 0.0698. The number of carboxylic acids is 1. The summed E-state index contributed by atoms with van der Waals surface area (Å²) in [6, 6.07) is 5.91. The van der Waals surface area contributed by atoms with Gasteiger partial charge in [-0.2, -0.15) is 0 Å². The third-order valence-electron chi connectivity index (χ3n) is 2.32. The first-order valence-electron chi connectivity index (χ1n) is 5.06. The highest BCUT2D eigenvalue weighted by molar-refractivity contribution is 9.10. The summed E-state index contributed by atoms with van der Waals surface area (Å²) in [5, 5.41) is 11.5. The molecule has 2 aromatic rings. The lowest BCUT2D eigenvalue weighted by Gasteiger charge is -2.08. The third kappa shape index (κ3) is 2.97. The van der Waals surface area contributed by atoms with Gasteiger partial charge in [-0.05, 0) is 35.9 Å². The Morgan fingerprint density at radius 2 is 2.00 bits per heavy atom. The van der Waals surface area contributed by atoms with Gasteiger partial charge in [0.05, 0.1) is 23.1 Å². The number of furan rings is 1. The topological polar surface area (TPSA) is 79.5 Å². The molecular weight excluding hydrogens is 337 g/mol. The van der Waals surface area contributed by atoms with Crippen LogP contribution in [0.2, 0.25) is 5.22 Å². The van der Waals surface area contributed by atoms with E-state index in [0.29, 0.717) is 4.47 Å². The summed E-state index contributed by atoms with van der Waals surface area (Å²) in [5.41, 5.74) is 0.293. The number of carboxylic acid groups (broad SMARTS) is 1. The summed E-state index contributed by atoms with van der Waals surface area (Å²) in [7, 11) is 0. The van der Waals surface area contributed by atoms with E-state index in [9.17, 15) is 9.59 Å². The first-order valence-corrected chi connectivity index (χ1v) is 6.23. The Balaban J connectivity index is 2.32. The molecule has 0 saturated carbocycles. The normalized spacial score (nSPS) is 10.2. The zero-order chi connectivity index (χ0) is 14.0. The molecule has 1 heterocycles. The maximum absolute atomic E-state index is 11.9. The molecule has 1 aromatic heterocycles. The first kappa shape index (κ1) is 13.6. The number of hydrogen-bond donors (Lipinski definition) is 2. The smallest absolute Gasteiger partial charge is 0.337 e. The van der Waals surface area contributed by atoms with Crippen LogP contribution >= 0.6 is 27.5 Å². The van der Waals surface area contributed by atoms with E-state index in [2.05, 4.69) is 21.2 Å². The van der Waals surface area contributed by atoms with Crippen LogP contribution in [-0.2, 0) is 0 Å². The molecule has 0 spiro atoms. The first-order chi connectivity index (χ1) is 8.99. The zero-order valence-electron chi connectivity index (χ0n) is 9.31. The maximum Gasteiger partial charge on any atom is 0.337 e. The largest absolute Gasteiger partial charge is 0.478 e. The molecule has 0 aliphatic carbocycles. The van der Waals surface area contributed by atoms with Crippen molar-refractivity contribution in [2.24, 2.45) is 0 Å². The predicted octanol–water partition coefficient (Wildman–Crippen LogP) is 3.65. The van der Waals surface area contributed by atoms with Crippen LogP contribution < -0.4 is 5.32 Å². The van der Waals surface area contributed by atoms with E-state index in [0.717, 1.165) is 0 Å². The lowest BCUT2D eigenvalue weighted by Crippen LogP contribution is -2.14. The van der Waals surface area contributed by atoms with Crippen LogP contribution in [0.1, 0.15) is 20.7 Å². The number of halogens is 2. The fourth-order valence-electron chi connectivity index (χ4n) is 1.45. The highest BCUT2D eigenvalue weighted by Crippen LogP contribution is 2.23. The van der Waals surface area contributed by atoms with Gasteiger partial charge < -0.3 is 14.8 Å². The molecule has 0 aliphatic heterocycles. The third-order valence-corrected chi connectivity index (χ3v) is 3.11. The monoisotopic (exact) mass is 343 g/mol. The van der Waals surface area contributed by atoms with E-state index >= 15 is 0 Å². The summed E-state index contributed by atoms with van der Waals surface area (Å²) in [4.78, 5) is 23.0. The second-order valence-corrected chi connectivity index (χ2v) is 4.82. The molecule has 5 nitrogen and oxygen atoms in total. The standard InChI is InChI=1S/C12H7BrClNO4/c13-6-1-2-9(8(5-6)12(17)18)15-11(16)7-3-4-19-10(7)14/h1-5H,(H,15,16)(H,17,18). The summed E-state index contributed by atoms with van der Waals surface area (Å²) >= 11 is 8.85. The SMILES string of the molecule is O=C(O)c1cc(Br)ccc1NC(=O)c1ccoc1Cl. The average molecular weight is 345 g/mol. The second kappa shape index (κ2) is 5.46. The molecule has 2 N–H and O–H groups in total. The van der Waals surface area contributed by atoms with Gasteiger partial charge in [-0.3, -0.25) is 4.79 Å². The van der Waals surface area contributed by atoms with Gasteiger partial charge in [-0.1, -0.05) is 15.9 Å². The summed E-state index contributed by atoms with van der Waals surface area (Å²) in [6.07, 6.45) is 1.27. The van der Waals surface area contributed by atoms with Gasteiger partial charge in [-0.25, -0.2) is 4.79 Å². The van der Waals surface area contributed by atoms with Gasteiger partial charge in [0.25, 0.3) is 5.91 Å². The van der Waals surface area contributed by atoms with Gasteiger partial charge in [0.2, 0.25) is 5.22 Å². The van der Waals surface area contributed by atoms with Crippen LogP contribution in [0.5, 0.6) is 0 Å². The number of carbonyl (C=O) groups is 2. The number of benzene rings is 1. The molecule has 0 unspecified atom stereocenters. The molecule has 19 heavy (non-hydrogen) atoms. The number of anilines is 1. The van der Waals surface area contributed by atoms with Crippen molar-refractivity contribution in [3.63, 3.8) is 0 Å². The molecule has 0 fully saturated rings. The Kier molecular flexibility index (Phi) is 3.92. The van der Waals surface area contributed by atoms with Crippen LogP contribution in [-0.4, -0.2) is 17.0 Å². The van der Waals surface area contributed by atoms with Gasteiger partial charge in [0.15, 0.2) is 0 Å². The Hall–Kier alpha value is -1.79. The molecular formula is C12H7BrClNO4. The van der Waals surface area contributed by atoms with Gasteiger partial charge >= 0.3 is 5.97 Å².